The summed E-state index contributed by atoms with van der Waals surface area (Å²) < 4.78 is 6.57. The summed E-state index contributed by atoms with van der Waals surface area (Å²) in [6.07, 6.45) is 8.07. The van der Waals surface area contributed by atoms with Crippen molar-refractivity contribution < 1.29 is 4.74 Å². The molecule has 0 radical (unpaired) electrons. The van der Waals surface area contributed by atoms with Gasteiger partial charge in [-0.1, -0.05) is 6.42 Å². The van der Waals surface area contributed by atoms with Crippen LogP contribution in [0.4, 0.5) is 0 Å². The highest BCUT2D eigenvalue weighted by atomic mass is 79.9. The fourth-order valence-corrected chi connectivity index (χ4v) is 2.36. The second-order valence-electron chi connectivity index (χ2n) is 4.45. The van der Waals surface area contributed by atoms with Crippen LogP contribution in [0.3, 0.4) is 0 Å². The van der Waals surface area contributed by atoms with Gasteiger partial charge in [0.1, 0.15) is 0 Å². The molecular formula is C13H20BrClN2O. The van der Waals surface area contributed by atoms with Crippen molar-refractivity contribution in [2.24, 2.45) is 0 Å². The summed E-state index contributed by atoms with van der Waals surface area (Å²) in [4.78, 5) is 4.18. The molecule has 1 saturated heterocycles. The van der Waals surface area contributed by atoms with E-state index in [2.05, 4.69) is 26.2 Å². The zero-order chi connectivity index (χ0) is 11.9. The van der Waals surface area contributed by atoms with Gasteiger partial charge in [0.15, 0.2) is 0 Å². The third kappa shape index (κ3) is 5.55. The molecule has 1 aliphatic rings. The minimum Gasteiger partial charge on any atom is -0.478 e. The molecule has 1 aromatic rings. The lowest BCUT2D eigenvalue weighted by atomic mass is 10.0. The van der Waals surface area contributed by atoms with Crippen LogP contribution in [0.2, 0.25) is 0 Å². The molecule has 3 nitrogen and oxygen atoms in total. The maximum absolute atomic E-state index is 5.59. The molecule has 1 atom stereocenters. The van der Waals surface area contributed by atoms with Crippen molar-refractivity contribution >= 4 is 28.3 Å². The zero-order valence-electron chi connectivity index (χ0n) is 10.4. The van der Waals surface area contributed by atoms with Crippen LogP contribution in [0.25, 0.3) is 0 Å². The molecule has 0 spiro atoms. The molecule has 18 heavy (non-hydrogen) atoms. The van der Waals surface area contributed by atoms with Crippen molar-refractivity contribution in [1.82, 2.24) is 10.3 Å². The molecule has 0 bridgehead atoms. The fraction of sp³-hybridized carbons (Fsp3) is 0.615. The van der Waals surface area contributed by atoms with Crippen LogP contribution in [0.1, 0.15) is 32.1 Å². The predicted molar refractivity (Wildman–Crippen MR) is 79.6 cm³/mol. The first-order valence-corrected chi connectivity index (χ1v) is 7.11. The van der Waals surface area contributed by atoms with E-state index in [1.54, 1.807) is 6.20 Å². The third-order valence-corrected chi connectivity index (χ3v) is 3.53. The lowest BCUT2D eigenvalue weighted by molar-refractivity contribution is 0.276. The number of nitrogens with one attached hydrogen (secondary N) is 1. The number of nitrogens with zero attached hydrogens (tertiary/aromatic N) is 1. The van der Waals surface area contributed by atoms with Gasteiger partial charge in [-0.25, -0.2) is 4.98 Å². The van der Waals surface area contributed by atoms with Gasteiger partial charge < -0.3 is 10.1 Å². The number of ether oxygens (including phenoxy) is 1. The number of pyridine rings is 1. The van der Waals surface area contributed by atoms with Gasteiger partial charge in [-0.15, -0.1) is 12.4 Å². The Labute approximate surface area is 123 Å². The summed E-state index contributed by atoms with van der Waals surface area (Å²) in [5.74, 6) is 0.713. The van der Waals surface area contributed by atoms with Crippen LogP contribution in [0, 0.1) is 0 Å². The van der Waals surface area contributed by atoms with Crippen LogP contribution in [0.5, 0.6) is 5.88 Å². The average Bonchev–Trinajstić information content (AvgIpc) is 2.38. The smallest absolute Gasteiger partial charge is 0.213 e. The maximum Gasteiger partial charge on any atom is 0.213 e. The van der Waals surface area contributed by atoms with Crippen LogP contribution >= 0.6 is 28.3 Å². The Kier molecular flexibility index (Phi) is 7.63. The van der Waals surface area contributed by atoms with E-state index in [1.807, 2.05) is 12.1 Å². The van der Waals surface area contributed by atoms with E-state index < -0.39 is 0 Å². The quantitative estimate of drug-likeness (QED) is 0.835. The molecule has 1 fully saturated rings. The first-order valence-electron chi connectivity index (χ1n) is 6.32. The normalized spacial score (nSPS) is 19.1. The van der Waals surface area contributed by atoms with Gasteiger partial charge in [-0.3, -0.25) is 0 Å². The van der Waals surface area contributed by atoms with Gasteiger partial charge in [0.05, 0.1) is 6.61 Å². The second-order valence-corrected chi connectivity index (χ2v) is 5.37. The van der Waals surface area contributed by atoms with E-state index in [-0.39, 0.29) is 12.4 Å². The van der Waals surface area contributed by atoms with Gasteiger partial charge in [0.2, 0.25) is 5.88 Å². The molecule has 0 saturated carbocycles. The number of piperidine rings is 1. The number of rotatable bonds is 5. The largest absolute Gasteiger partial charge is 0.478 e. The van der Waals surface area contributed by atoms with Crippen molar-refractivity contribution in [2.45, 2.75) is 38.1 Å². The molecule has 1 unspecified atom stereocenters. The standard InChI is InChI=1S/C13H19BrN2O.ClH/c14-11-6-7-13(16-10-11)17-9-3-5-12-4-1-2-8-15-12;/h6-7,10,12,15H,1-5,8-9H2;1H. The highest BCUT2D eigenvalue weighted by Crippen LogP contribution is 2.14. The number of hydrogen-bond acceptors (Lipinski definition) is 3. The Morgan fingerprint density at radius 2 is 2.28 bits per heavy atom. The van der Waals surface area contributed by atoms with Crippen molar-refractivity contribution in [3.8, 4) is 5.88 Å². The number of halogens is 2. The molecule has 2 rings (SSSR count). The van der Waals surface area contributed by atoms with E-state index in [4.69, 9.17) is 4.74 Å². The molecule has 2 heterocycles. The summed E-state index contributed by atoms with van der Waals surface area (Å²) in [5, 5.41) is 3.55. The molecule has 5 heteroatoms. The van der Waals surface area contributed by atoms with E-state index in [0.717, 1.165) is 17.5 Å². The van der Waals surface area contributed by atoms with E-state index in [0.29, 0.717) is 11.9 Å². The van der Waals surface area contributed by atoms with Gasteiger partial charge in [-0.2, -0.15) is 0 Å². The van der Waals surface area contributed by atoms with E-state index in [9.17, 15) is 0 Å². The Bertz CT molecular complexity index is 328. The highest BCUT2D eigenvalue weighted by Gasteiger charge is 2.11. The topological polar surface area (TPSA) is 34.1 Å². The Morgan fingerprint density at radius 1 is 1.39 bits per heavy atom. The first kappa shape index (κ1) is 15.7. The van der Waals surface area contributed by atoms with Gasteiger partial charge in [0.25, 0.3) is 0 Å². The summed E-state index contributed by atoms with van der Waals surface area (Å²) >= 11 is 3.35. The Hall–Kier alpha value is -0.320. The molecule has 0 aromatic carbocycles. The highest BCUT2D eigenvalue weighted by molar-refractivity contribution is 9.10. The minimum atomic E-state index is 0. The van der Waals surface area contributed by atoms with E-state index in [1.165, 1.54) is 32.2 Å². The first-order chi connectivity index (χ1) is 8.34. The van der Waals surface area contributed by atoms with Crippen molar-refractivity contribution in [1.29, 1.82) is 0 Å². The lowest BCUT2D eigenvalue weighted by Gasteiger charge is -2.23. The van der Waals surface area contributed by atoms with Crippen molar-refractivity contribution in [3.05, 3.63) is 22.8 Å². The number of aromatic nitrogens is 1. The average molecular weight is 336 g/mol. The Morgan fingerprint density at radius 3 is 2.94 bits per heavy atom. The predicted octanol–water partition coefficient (Wildman–Crippen LogP) is 3.57. The van der Waals surface area contributed by atoms with E-state index >= 15 is 0 Å². The lowest BCUT2D eigenvalue weighted by Crippen LogP contribution is -2.34. The van der Waals surface area contributed by atoms with Crippen LogP contribution < -0.4 is 10.1 Å². The van der Waals surface area contributed by atoms with Gasteiger partial charge >= 0.3 is 0 Å². The van der Waals surface area contributed by atoms with Crippen LogP contribution in [-0.2, 0) is 0 Å². The molecule has 1 aromatic heterocycles. The zero-order valence-corrected chi connectivity index (χ0v) is 12.8. The van der Waals surface area contributed by atoms with Gasteiger partial charge in [0, 0.05) is 22.8 Å². The maximum atomic E-state index is 5.59. The fourth-order valence-electron chi connectivity index (χ4n) is 2.12. The summed E-state index contributed by atoms with van der Waals surface area (Å²) in [7, 11) is 0. The number of hydrogen-bond donors (Lipinski definition) is 1. The summed E-state index contributed by atoms with van der Waals surface area (Å²) in [6, 6.07) is 4.54. The van der Waals surface area contributed by atoms with Crippen molar-refractivity contribution in [2.75, 3.05) is 13.2 Å². The molecule has 1 aliphatic heterocycles. The van der Waals surface area contributed by atoms with Crippen molar-refractivity contribution in [3.63, 3.8) is 0 Å². The summed E-state index contributed by atoms with van der Waals surface area (Å²) in [6.45, 7) is 1.94. The monoisotopic (exact) mass is 334 g/mol. The summed E-state index contributed by atoms with van der Waals surface area (Å²) in [5.41, 5.74) is 0. The second kappa shape index (κ2) is 8.73. The molecule has 0 amide bonds. The third-order valence-electron chi connectivity index (χ3n) is 3.06. The minimum absolute atomic E-state index is 0. The van der Waals surface area contributed by atoms with Crippen LogP contribution in [-0.4, -0.2) is 24.2 Å². The Balaban J connectivity index is 0.00000162. The van der Waals surface area contributed by atoms with Crippen LogP contribution in [0.15, 0.2) is 22.8 Å². The van der Waals surface area contributed by atoms with Gasteiger partial charge in [-0.05, 0) is 54.2 Å². The molecule has 102 valence electrons. The molecule has 0 aliphatic carbocycles. The molecule has 1 N–H and O–H groups in total. The molecular weight excluding hydrogens is 316 g/mol. The SMILES string of the molecule is Brc1ccc(OCCCC2CCCCN2)nc1.Cl.